The van der Waals surface area contributed by atoms with Gasteiger partial charge in [-0.25, -0.2) is 17.2 Å². The maximum Gasteiger partial charge on any atom is 4.00 e. The van der Waals surface area contributed by atoms with Crippen molar-refractivity contribution in [3.05, 3.63) is 151 Å². The summed E-state index contributed by atoms with van der Waals surface area (Å²) in [6.07, 6.45) is 9.14. The van der Waals surface area contributed by atoms with Crippen LogP contribution in [0.2, 0.25) is 25.2 Å². The topological polar surface area (TPSA) is 0 Å². The van der Waals surface area contributed by atoms with Crippen LogP contribution in [0.25, 0.3) is 0 Å². The summed E-state index contributed by atoms with van der Waals surface area (Å²) in [5.41, 5.74) is 8.13. The first kappa shape index (κ1) is 33.7. The van der Waals surface area contributed by atoms with Crippen molar-refractivity contribution in [1.29, 1.82) is 0 Å². The Morgan fingerprint density at radius 1 is 0.711 bits per heavy atom. The zero-order valence-corrected chi connectivity index (χ0v) is 26.7. The molecule has 0 aromatic heterocycles. The van der Waals surface area contributed by atoms with Gasteiger partial charge in [0.1, 0.15) is 0 Å². The number of hydrogen-bond acceptors (Lipinski definition) is 0. The van der Waals surface area contributed by atoms with E-state index in [9.17, 15) is 0 Å². The molecule has 0 amide bonds. The van der Waals surface area contributed by atoms with Gasteiger partial charge in [0.15, 0.2) is 0 Å². The standard InChI is InChI=1S/C15H25Si.3C7H7.Ti/c1-5-16(3,4)11-15-12(2)10-13-8-6-7-9-14(13)15;3*1-7-5-3-2-4-6-7;/h15H,5-9,11H2,1-4H3;3*2-6H,1H2;/q4*-1;+4. The van der Waals surface area contributed by atoms with E-state index in [0.29, 0.717) is 0 Å². The molecule has 0 spiro atoms. The molecular formula is C36H46SiTi. The van der Waals surface area contributed by atoms with Gasteiger partial charge >= 0.3 is 21.7 Å². The van der Waals surface area contributed by atoms with Gasteiger partial charge in [-0.1, -0.05) is 88.8 Å². The van der Waals surface area contributed by atoms with Crippen molar-refractivity contribution in [1.82, 2.24) is 0 Å². The molecule has 0 radical (unpaired) electrons. The minimum atomic E-state index is -0.955. The third-order valence-corrected chi connectivity index (χ3v) is 10.5. The van der Waals surface area contributed by atoms with Gasteiger partial charge in [0.25, 0.3) is 0 Å². The van der Waals surface area contributed by atoms with E-state index in [2.05, 4.69) is 53.8 Å². The summed E-state index contributed by atoms with van der Waals surface area (Å²) in [6, 6.07) is 32.5. The van der Waals surface area contributed by atoms with Gasteiger partial charge < -0.3 is 0 Å². The summed E-state index contributed by atoms with van der Waals surface area (Å²) in [5, 5.41) is 0. The van der Waals surface area contributed by atoms with Crippen LogP contribution in [0.3, 0.4) is 0 Å². The molecule has 0 heterocycles. The first-order valence-corrected chi connectivity index (χ1v) is 17.1. The van der Waals surface area contributed by atoms with Gasteiger partial charge in [-0.2, -0.15) is 79.4 Å². The first-order valence-electron chi connectivity index (χ1n) is 13.6. The Balaban J connectivity index is 0.000000276. The molecule has 2 aliphatic carbocycles. The number of allylic oxidation sites excluding steroid dienone is 4. The zero-order valence-electron chi connectivity index (χ0n) is 24.1. The van der Waals surface area contributed by atoms with E-state index >= 15 is 0 Å². The van der Waals surface area contributed by atoms with E-state index in [1.54, 1.807) is 16.7 Å². The van der Waals surface area contributed by atoms with E-state index in [1.807, 2.05) is 91.0 Å². The van der Waals surface area contributed by atoms with E-state index in [0.717, 1.165) is 22.6 Å². The van der Waals surface area contributed by atoms with Crippen LogP contribution < -0.4 is 0 Å². The maximum absolute atomic E-state index is 3.72. The van der Waals surface area contributed by atoms with Crippen LogP contribution in [0.5, 0.6) is 0 Å². The zero-order chi connectivity index (χ0) is 27.1. The van der Waals surface area contributed by atoms with Crippen molar-refractivity contribution in [3.63, 3.8) is 0 Å². The summed E-state index contributed by atoms with van der Waals surface area (Å²) in [6.45, 7) is 20.9. The third kappa shape index (κ3) is 13.0. The molecule has 3 aromatic carbocycles. The Kier molecular flexibility index (Phi) is 16.0. The van der Waals surface area contributed by atoms with Crippen molar-refractivity contribution in [2.75, 3.05) is 0 Å². The molecule has 1 unspecified atom stereocenters. The van der Waals surface area contributed by atoms with Gasteiger partial charge in [0.05, 0.1) is 0 Å². The average Bonchev–Trinajstić information content (AvgIpc) is 3.21. The molecule has 3 aromatic rings. The number of rotatable bonds is 3. The second kappa shape index (κ2) is 18.1. The van der Waals surface area contributed by atoms with E-state index in [4.69, 9.17) is 0 Å². The Morgan fingerprint density at radius 2 is 1.11 bits per heavy atom. The quantitative estimate of drug-likeness (QED) is 0.223. The van der Waals surface area contributed by atoms with Crippen LogP contribution >= 0.6 is 0 Å². The summed E-state index contributed by atoms with van der Waals surface area (Å²) in [5.74, 6) is 0.789. The monoisotopic (exact) mass is 554 g/mol. The van der Waals surface area contributed by atoms with Crippen LogP contribution in [0, 0.1) is 32.8 Å². The minimum Gasteiger partial charge on any atom is -0.249 e. The fourth-order valence-electron chi connectivity index (χ4n) is 4.45. The van der Waals surface area contributed by atoms with E-state index in [-0.39, 0.29) is 21.7 Å². The third-order valence-electron chi connectivity index (χ3n) is 7.04. The molecule has 0 aliphatic heterocycles. The van der Waals surface area contributed by atoms with Crippen molar-refractivity contribution in [2.24, 2.45) is 5.92 Å². The molecule has 0 saturated heterocycles. The van der Waals surface area contributed by atoms with Gasteiger partial charge in [0.2, 0.25) is 0 Å². The number of benzene rings is 3. The fourth-order valence-corrected chi connectivity index (χ4v) is 6.40. The van der Waals surface area contributed by atoms with Gasteiger partial charge in [-0.15, -0.1) is 36.4 Å². The van der Waals surface area contributed by atoms with Crippen LogP contribution in [0.1, 0.15) is 56.2 Å². The fraction of sp³-hybridized carbons (Fsp3) is 0.306. The predicted octanol–water partition coefficient (Wildman–Crippen LogP) is 10.6. The molecule has 2 aliphatic rings. The average molecular weight is 555 g/mol. The molecule has 1 atom stereocenters. The van der Waals surface area contributed by atoms with Gasteiger partial charge in [0, 0.05) is 8.07 Å². The molecule has 0 bridgehead atoms. The van der Waals surface area contributed by atoms with Gasteiger partial charge in [-0.05, 0) is 0 Å². The van der Waals surface area contributed by atoms with Crippen molar-refractivity contribution in [3.8, 4) is 0 Å². The molecule has 38 heavy (non-hydrogen) atoms. The van der Waals surface area contributed by atoms with E-state index in [1.165, 1.54) is 37.8 Å². The molecular weight excluding hydrogens is 508 g/mol. The molecule has 0 N–H and O–H groups in total. The number of hydrogen-bond donors (Lipinski definition) is 0. The second-order valence-electron chi connectivity index (χ2n) is 10.8. The van der Waals surface area contributed by atoms with Gasteiger partial charge in [-0.3, -0.25) is 0 Å². The van der Waals surface area contributed by atoms with Crippen LogP contribution in [-0.4, -0.2) is 8.07 Å². The summed E-state index contributed by atoms with van der Waals surface area (Å²) < 4.78 is 0. The predicted molar refractivity (Wildman–Crippen MR) is 167 cm³/mol. The molecule has 2 heteroatoms. The molecule has 0 nitrogen and oxygen atoms in total. The van der Waals surface area contributed by atoms with Crippen LogP contribution in [-0.2, 0) is 21.7 Å². The van der Waals surface area contributed by atoms with Crippen molar-refractivity contribution in [2.45, 2.75) is 64.7 Å². The second-order valence-corrected chi connectivity index (χ2v) is 16.2. The Bertz CT molecular complexity index is 993. The van der Waals surface area contributed by atoms with Crippen molar-refractivity contribution >= 4 is 8.07 Å². The molecule has 0 saturated carbocycles. The Labute approximate surface area is 250 Å². The van der Waals surface area contributed by atoms with E-state index < -0.39 is 8.07 Å². The SMILES string of the molecule is CC[Si](C)(C)CC1C(C)=[C-]C2=C1CCCC2.[CH2-]c1ccccc1.[CH2-]c1ccccc1.[CH2-]c1ccccc1.[Ti+4]. The van der Waals surface area contributed by atoms with Crippen LogP contribution in [0.15, 0.2) is 108 Å². The molecule has 0 fully saturated rings. The van der Waals surface area contributed by atoms with Crippen LogP contribution in [0.4, 0.5) is 0 Å². The summed E-state index contributed by atoms with van der Waals surface area (Å²) >= 11 is 0. The first-order chi connectivity index (χ1) is 17.7. The summed E-state index contributed by atoms with van der Waals surface area (Å²) in [4.78, 5) is 0. The Morgan fingerprint density at radius 3 is 1.45 bits per heavy atom. The normalized spacial score (nSPS) is 15.6. The Hall–Kier alpha value is -2.32. The molecule has 198 valence electrons. The minimum absolute atomic E-state index is 0. The largest absolute Gasteiger partial charge is 4.00 e. The van der Waals surface area contributed by atoms with Crippen molar-refractivity contribution < 1.29 is 21.7 Å². The molecule has 5 rings (SSSR count). The smallest absolute Gasteiger partial charge is 0.249 e. The summed E-state index contributed by atoms with van der Waals surface area (Å²) in [7, 11) is -0.955. The maximum atomic E-state index is 3.72.